The van der Waals surface area contributed by atoms with Gasteiger partial charge in [-0.3, -0.25) is 14.9 Å². The molecule has 2 aromatic rings. The molecule has 1 fully saturated rings. The zero-order chi connectivity index (χ0) is 16.2. The average Bonchev–Trinajstić information content (AvgIpc) is 3.24. The van der Waals surface area contributed by atoms with E-state index in [1.54, 1.807) is 22.7 Å². The number of aromatic nitrogens is 1. The third-order valence-corrected chi connectivity index (χ3v) is 5.20. The standard InChI is InChI=1S/C14H14N4O3S2/c19-11(4-3-9-12(20)18-14(21)17-9)15-6-8-7-23-13(16-8)10-2-1-5-22-10/h1-2,5,7,9H,3-4,6H2,(H,15,19)(H2,17,18,20,21)/t9-/m1/s1. The second-order valence-electron chi connectivity index (χ2n) is 4.95. The molecular weight excluding hydrogens is 336 g/mol. The highest BCUT2D eigenvalue weighted by Gasteiger charge is 2.29. The van der Waals surface area contributed by atoms with Crippen molar-refractivity contribution in [3.05, 3.63) is 28.6 Å². The summed E-state index contributed by atoms with van der Waals surface area (Å²) in [7, 11) is 0. The van der Waals surface area contributed by atoms with E-state index in [9.17, 15) is 14.4 Å². The van der Waals surface area contributed by atoms with Crippen molar-refractivity contribution in [3.63, 3.8) is 0 Å². The van der Waals surface area contributed by atoms with E-state index >= 15 is 0 Å². The fourth-order valence-corrected chi connectivity index (χ4v) is 3.75. The number of nitrogens with zero attached hydrogens (tertiary/aromatic N) is 1. The van der Waals surface area contributed by atoms with Crippen LogP contribution in [0.1, 0.15) is 18.5 Å². The Kier molecular flexibility index (Phi) is 4.68. The topological polar surface area (TPSA) is 100 Å². The van der Waals surface area contributed by atoms with Gasteiger partial charge in [-0.1, -0.05) is 6.07 Å². The lowest BCUT2D eigenvalue weighted by Gasteiger charge is -2.07. The van der Waals surface area contributed by atoms with Crippen molar-refractivity contribution in [1.82, 2.24) is 20.9 Å². The number of carbonyl (C=O) groups excluding carboxylic acids is 3. The van der Waals surface area contributed by atoms with Gasteiger partial charge in [-0.15, -0.1) is 22.7 Å². The maximum Gasteiger partial charge on any atom is 0.322 e. The van der Waals surface area contributed by atoms with Crippen LogP contribution in [0, 0.1) is 0 Å². The number of thiazole rings is 1. The van der Waals surface area contributed by atoms with Crippen LogP contribution in [0.15, 0.2) is 22.9 Å². The average molecular weight is 350 g/mol. The number of thiophene rings is 1. The SMILES string of the molecule is O=C(CC[C@H]1NC(=O)NC1=O)NCc1csc(-c2cccs2)n1. The molecule has 0 saturated carbocycles. The first kappa shape index (κ1) is 15.6. The molecule has 3 rings (SSSR count). The first-order valence-corrected chi connectivity index (χ1v) is 8.74. The van der Waals surface area contributed by atoms with E-state index in [-0.39, 0.29) is 24.7 Å². The van der Waals surface area contributed by atoms with Crippen LogP contribution in [0.5, 0.6) is 0 Å². The normalized spacial score (nSPS) is 17.0. The molecule has 0 unspecified atom stereocenters. The van der Waals surface area contributed by atoms with Gasteiger partial charge in [0.25, 0.3) is 5.91 Å². The molecule has 4 amide bonds. The molecule has 9 heteroatoms. The molecule has 0 aromatic carbocycles. The van der Waals surface area contributed by atoms with Gasteiger partial charge >= 0.3 is 6.03 Å². The van der Waals surface area contributed by atoms with E-state index in [1.807, 2.05) is 22.9 Å². The molecule has 1 aliphatic heterocycles. The van der Waals surface area contributed by atoms with Crippen LogP contribution < -0.4 is 16.0 Å². The molecule has 1 saturated heterocycles. The summed E-state index contributed by atoms with van der Waals surface area (Å²) in [6, 6.07) is 2.84. The number of hydrogen-bond donors (Lipinski definition) is 3. The van der Waals surface area contributed by atoms with Crippen LogP contribution in [0.4, 0.5) is 4.79 Å². The molecule has 23 heavy (non-hydrogen) atoms. The van der Waals surface area contributed by atoms with Crippen molar-refractivity contribution < 1.29 is 14.4 Å². The van der Waals surface area contributed by atoms with Gasteiger partial charge in [0, 0.05) is 11.8 Å². The van der Waals surface area contributed by atoms with Crippen molar-refractivity contribution >= 4 is 40.5 Å². The minimum Gasteiger partial charge on any atom is -0.350 e. The van der Waals surface area contributed by atoms with Crippen LogP contribution in [0.3, 0.4) is 0 Å². The highest BCUT2D eigenvalue weighted by Crippen LogP contribution is 2.27. The highest BCUT2D eigenvalue weighted by molar-refractivity contribution is 7.20. The van der Waals surface area contributed by atoms with Crippen molar-refractivity contribution in [2.45, 2.75) is 25.4 Å². The zero-order valence-electron chi connectivity index (χ0n) is 12.0. The van der Waals surface area contributed by atoms with E-state index in [1.165, 1.54) is 0 Å². The predicted molar refractivity (Wildman–Crippen MR) is 87.0 cm³/mol. The van der Waals surface area contributed by atoms with E-state index < -0.39 is 12.1 Å². The Hall–Kier alpha value is -2.26. The molecule has 0 spiro atoms. The van der Waals surface area contributed by atoms with Crippen molar-refractivity contribution in [2.75, 3.05) is 0 Å². The van der Waals surface area contributed by atoms with Gasteiger partial charge in [0.05, 0.1) is 17.1 Å². The third-order valence-electron chi connectivity index (χ3n) is 3.27. The maximum atomic E-state index is 11.8. The summed E-state index contributed by atoms with van der Waals surface area (Å²) in [6.45, 7) is 0.351. The number of nitrogens with one attached hydrogen (secondary N) is 3. The largest absolute Gasteiger partial charge is 0.350 e. The second-order valence-corrected chi connectivity index (χ2v) is 6.76. The minimum absolute atomic E-state index is 0.167. The Morgan fingerprint density at radius 1 is 1.35 bits per heavy atom. The summed E-state index contributed by atoms with van der Waals surface area (Å²) >= 11 is 3.17. The molecule has 120 valence electrons. The van der Waals surface area contributed by atoms with Crippen LogP contribution in [-0.2, 0) is 16.1 Å². The first-order chi connectivity index (χ1) is 11.1. The molecular formula is C14H14N4O3S2. The van der Waals surface area contributed by atoms with Gasteiger partial charge in [-0.05, 0) is 17.9 Å². The molecule has 3 N–H and O–H groups in total. The summed E-state index contributed by atoms with van der Waals surface area (Å²) < 4.78 is 0. The lowest BCUT2D eigenvalue weighted by Crippen LogP contribution is -2.31. The Morgan fingerprint density at radius 3 is 2.91 bits per heavy atom. The number of rotatable bonds is 6. The van der Waals surface area contributed by atoms with Crippen molar-refractivity contribution in [1.29, 1.82) is 0 Å². The summed E-state index contributed by atoms with van der Waals surface area (Å²) in [4.78, 5) is 39.7. The minimum atomic E-state index is -0.627. The number of hydrogen-bond acceptors (Lipinski definition) is 6. The molecule has 0 radical (unpaired) electrons. The van der Waals surface area contributed by atoms with Crippen molar-refractivity contribution in [2.24, 2.45) is 0 Å². The summed E-state index contributed by atoms with van der Waals surface area (Å²) in [5, 5.41) is 12.2. The molecule has 3 heterocycles. The number of imide groups is 1. The smallest absolute Gasteiger partial charge is 0.322 e. The van der Waals surface area contributed by atoms with Gasteiger partial charge in [-0.2, -0.15) is 0 Å². The summed E-state index contributed by atoms with van der Waals surface area (Å²) in [5.41, 5.74) is 0.804. The quantitative estimate of drug-likeness (QED) is 0.687. The Bertz CT molecular complexity index is 726. The van der Waals surface area contributed by atoms with Gasteiger partial charge in [0.1, 0.15) is 11.0 Å². The van der Waals surface area contributed by atoms with E-state index in [4.69, 9.17) is 0 Å². The van der Waals surface area contributed by atoms with Crippen LogP contribution in [0.2, 0.25) is 0 Å². The fourth-order valence-electron chi connectivity index (χ4n) is 2.12. The lowest BCUT2D eigenvalue weighted by atomic mass is 10.1. The first-order valence-electron chi connectivity index (χ1n) is 6.98. The Labute approximate surface area is 140 Å². The summed E-state index contributed by atoms with van der Waals surface area (Å²) in [6.07, 6.45) is 0.446. The number of amides is 4. The molecule has 1 aliphatic rings. The molecule has 0 aliphatic carbocycles. The van der Waals surface area contributed by atoms with E-state index in [0.29, 0.717) is 6.54 Å². The second kappa shape index (κ2) is 6.88. The molecule has 7 nitrogen and oxygen atoms in total. The predicted octanol–water partition coefficient (Wildman–Crippen LogP) is 1.48. The highest BCUT2D eigenvalue weighted by atomic mass is 32.1. The van der Waals surface area contributed by atoms with E-state index in [0.717, 1.165) is 15.6 Å². The van der Waals surface area contributed by atoms with Gasteiger partial charge < -0.3 is 10.6 Å². The number of carbonyl (C=O) groups is 3. The van der Waals surface area contributed by atoms with Crippen molar-refractivity contribution in [3.8, 4) is 9.88 Å². The maximum absolute atomic E-state index is 11.8. The Balaban J connectivity index is 1.44. The third kappa shape index (κ3) is 3.93. The van der Waals surface area contributed by atoms with Crippen LogP contribution in [0.25, 0.3) is 9.88 Å². The van der Waals surface area contributed by atoms with Gasteiger partial charge in [-0.25, -0.2) is 9.78 Å². The summed E-state index contributed by atoms with van der Waals surface area (Å²) in [5.74, 6) is -0.562. The number of urea groups is 1. The van der Waals surface area contributed by atoms with Gasteiger partial charge in [0.15, 0.2) is 0 Å². The van der Waals surface area contributed by atoms with Gasteiger partial charge in [0.2, 0.25) is 5.91 Å². The molecule has 1 atom stereocenters. The molecule has 2 aromatic heterocycles. The van der Waals surface area contributed by atoms with Crippen LogP contribution >= 0.6 is 22.7 Å². The van der Waals surface area contributed by atoms with E-state index in [2.05, 4.69) is 20.9 Å². The fraction of sp³-hybridized carbons (Fsp3) is 0.286. The lowest BCUT2D eigenvalue weighted by molar-refractivity contribution is -0.122. The molecule has 0 bridgehead atoms. The zero-order valence-corrected chi connectivity index (χ0v) is 13.6. The Morgan fingerprint density at radius 2 is 2.22 bits per heavy atom. The monoisotopic (exact) mass is 350 g/mol. The van der Waals surface area contributed by atoms with Crippen LogP contribution in [-0.4, -0.2) is 28.9 Å².